The molecule has 5 nitrogen and oxygen atoms in total. The summed E-state index contributed by atoms with van der Waals surface area (Å²) in [5.41, 5.74) is -0.178. The first-order chi connectivity index (χ1) is 10.5. The predicted octanol–water partition coefficient (Wildman–Crippen LogP) is 2.38. The lowest BCUT2D eigenvalue weighted by Gasteiger charge is -2.34. The van der Waals surface area contributed by atoms with E-state index in [0.717, 1.165) is 0 Å². The van der Waals surface area contributed by atoms with Gasteiger partial charge in [-0.1, -0.05) is 41.5 Å². The van der Waals surface area contributed by atoms with Crippen LogP contribution in [0.4, 0.5) is 0 Å². The topological polar surface area (TPSA) is 64.6 Å². The monoisotopic (exact) mass is 321 g/mol. The Labute approximate surface area is 138 Å². The van der Waals surface area contributed by atoms with E-state index < -0.39 is 22.4 Å². The van der Waals surface area contributed by atoms with Crippen molar-refractivity contribution < 1.29 is 19.1 Å². The number of fused-ring (bicyclic) bond motifs is 1. The van der Waals surface area contributed by atoms with E-state index >= 15 is 0 Å². The fourth-order valence-corrected chi connectivity index (χ4v) is 2.87. The summed E-state index contributed by atoms with van der Waals surface area (Å²) in [6, 6.07) is 0. The first kappa shape index (κ1) is 17.7. The van der Waals surface area contributed by atoms with Crippen LogP contribution >= 0.6 is 0 Å². The summed E-state index contributed by atoms with van der Waals surface area (Å²) in [4.78, 5) is 25.6. The Kier molecular flexibility index (Phi) is 4.71. The normalized spacial score (nSPS) is 21.1. The van der Waals surface area contributed by atoms with E-state index in [9.17, 15) is 9.59 Å². The summed E-state index contributed by atoms with van der Waals surface area (Å²) in [5, 5.41) is 3.20. The van der Waals surface area contributed by atoms with Gasteiger partial charge in [0.05, 0.1) is 11.1 Å². The molecule has 0 atom stereocenters. The number of hydrogen-bond donors (Lipinski definition) is 1. The Balaban J connectivity index is 2.74. The molecular weight excluding hydrogens is 294 g/mol. The zero-order valence-corrected chi connectivity index (χ0v) is 15.0. The third-order valence-electron chi connectivity index (χ3n) is 3.87. The van der Waals surface area contributed by atoms with Crippen LogP contribution in [-0.4, -0.2) is 37.9 Å². The molecule has 1 N–H and O–H groups in total. The molecule has 2 aliphatic rings. The highest BCUT2D eigenvalue weighted by Gasteiger charge is 2.45. The van der Waals surface area contributed by atoms with Gasteiger partial charge in [-0.2, -0.15) is 0 Å². The highest BCUT2D eigenvalue weighted by Crippen LogP contribution is 2.42. The van der Waals surface area contributed by atoms with Crippen molar-refractivity contribution in [3.05, 3.63) is 22.7 Å². The van der Waals surface area contributed by atoms with E-state index in [2.05, 4.69) is 5.32 Å². The van der Waals surface area contributed by atoms with Crippen LogP contribution in [0.15, 0.2) is 22.7 Å². The van der Waals surface area contributed by atoms with Gasteiger partial charge in [-0.3, -0.25) is 9.59 Å². The molecule has 0 aromatic rings. The number of Topliss-reactive ketones (excluding diaryl/α,β-unsaturated/α-hetero) is 2. The van der Waals surface area contributed by atoms with Crippen LogP contribution in [0.1, 0.15) is 41.5 Å². The molecule has 0 aromatic carbocycles. The number of ether oxygens (including phenoxy) is 2. The molecule has 0 saturated carbocycles. The minimum absolute atomic E-state index is 0.410. The van der Waals surface area contributed by atoms with E-state index in [1.165, 1.54) is 0 Å². The zero-order chi connectivity index (χ0) is 17.4. The van der Waals surface area contributed by atoms with Crippen LogP contribution < -0.4 is 5.32 Å². The van der Waals surface area contributed by atoms with Crippen LogP contribution in [0.3, 0.4) is 0 Å². The Hall–Kier alpha value is -1.62. The van der Waals surface area contributed by atoms with Crippen LogP contribution in [0.5, 0.6) is 0 Å². The van der Waals surface area contributed by atoms with Crippen molar-refractivity contribution in [2.45, 2.75) is 41.5 Å². The Bertz CT molecular complexity index is 533. The van der Waals surface area contributed by atoms with Gasteiger partial charge in [0.2, 0.25) is 11.6 Å². The van der Waals surface area contributed by atoms with Crippen LogP contribution in [-0.2, 0) is 19.1 Å². The second kappa shape index (κ2) is 6.11. The Morgan fingerprint density at radius 3 is 1.39 bits per heavy atom. The lowest BCUT2D eigenvalue weighted by molar-refractivity contribution is -0.134. The molecule has 1 fully saturated rings. The average molecular weight is 321 g/mol. The smallest absolute Gasteiger partial charge is 0.233 e. The van der Waals surface area contributed by atoms with E-state index in [1.54, 1.807) is 0 Å². The molecule has 0 amide bonds. The number of carbonyl (C=O) groups is 2. The van der Waals surface area contributed by atoms with Crippen LogP contribution in [0.25, 0.3) is 0 Å². The summed E-state index contributed by atoms with van der Waals surface area (Å²) in [5.74, 6) is -0.0691. The van der Waals surface area contributed by atoms with Crippen molar-refractivity contribution in [3.63, 3.8) is 0 Å². The van der Waals surface area contributed by atoms with E-state index in [0.29, 0.717) is 49.0 Å². The standard InChI is InChI=1S/C18H27NO4/c1-17(2,3)11-13(20)14(21)12(18(4,5)6)16-15(11)22-9-7-19-8-10-23-16/h19H,7-10H2,1-6H3. The average Bonchev–Trinajstić information content (AvgIpc) is 2.49. The molecule has 1 saturated heterocycles. The number of nitrogens with one attached hydrogen (secondary N) is 1. The minimum Gasteiger partial charge on any atom is -0.488 e. The van der Waals surface area contributed by atoms with Gasteiger partial charge in [0.1, 0.15) is 13.2 Å². The van der Waals surface area contributed by atoms with E-state index in [1.807, 2.05) is 41.5 Å². The maximum Gasteiger partial charge on any atom is 0.233 e. The minimum atomic E-state index is -0.498. The molecule has 2 rings (SSSR count). The lowest BCUT2D eigenvalue weighted by atomic mass is 9.72. The van der Waals surface area contributed by atoms with Gasteiger partial charge in [0, 0.05) is 13.1 Å². The van der Waals surface area contributed by atoms with Crippen LogP contribution in [0, 0.1) is 10.8 Å². The molecular formula is C18H27NO4. The van der Waals surface area contributed by atoms with Crippen LogP contribution in [0.2, 0.25) is 0 Å². The van der Waals surface area contributed by atoms with Crippen molar-refractivity contribution in [1.82, 2.24) is 5.32 Å². The van der Waals surface area contributed by atoms with Crippen molar-refractivity contribution in [2.75, 3.05) is 26.3 Å². The highest BCUT2D eigenvalue weighted by atomic mass is 16.5. The number of carbonyl (C=O) groups excluding carboxylic acids is 2. The summed E-state index contributed by atoms with van der Waals surface area (Å²) >= 11 is 0. The number of hydrogen-bond acceptors (Lipinski definition) is 5. The molecule has 1 heterocycles. The molecule has 5 heteroatoms. The molecule has 0 spiro atoms. The van der Waals surface area contributed by atoms with Crippen molar-refractivity contribution in [2.24, 2.45) is 10.8 Å². The third kappa shape index (κ3) is 3.50. The first-order valence-corrected chi connectivity index (χ1v) is 8.10. The maximum atomic E-state index is 12.8. The quantitative estimate of drug-likeness (QED) is 0.548. The molecule has 0 aromatic heterocycles. The summed E-state index contributed by atoms with van der Waals surface area (Å²) in [6.07, 6.45) is 0. The third-order valence-corrected chi connectivity index (χ3v) is 3.87. The van der Waals surface area contributed by atoms with Crippen molar-refractivity contribution >= 4 is 11.6 Å². The Morgan fingerprint density at radius 1 is 0.739 bits per heavy atom. The molecule has 0 radical (unpaired) electrons. The van der Waals surface area contributed by atoms with Crippen molar-refractivity contribution in [3.8, 4) is 0 Å². The second-order valence-electron chi connectivity index (χ2n) is 8.01. The maximum absolute atomic E-state index is 12.8. The van der Waals surface area contributed by atoms with Gasteiger partial charge in [0.25, 0.3) is 0 Å². The SMILES string of the molecule is CC(C)(C)C1=C2OCCNCCOC2=C(C(C)(C)C)C(=O)C1=O. The molecule has 0 bridgehead atoms. The van der Waals surface area contributed by atoms with Gasteiger partial charge < -0.3 is 14.8 Å². The lowest BCUT2D eigenvalue weighted by Crippen LogP contribution is -2.37. The number of rotatable bonds is 0. The van der Waals surface area contributed by atoms with E-state index in [-0.39, 0.29) is 0 Å². The van der Waals surface area contributed by atoms with Gasteiger partial charge in [-0.15, -0.1) is 0 Å². The second-order valence-corrected chi connectivity index (χ2v) is 8.01. The fraction of sp³-hybridized carbons (Fsp3) is 0.667. The van der Waals surface area contributed by atoms with E-state index in [4.69, 9.17) is 9.47 Å². The number of allylic oxidation sites excluding steroid dienone is 2. The largest absolute Gasteiger partial charge is 0.488 e. The van der Waals surface area contributed by atoms with Gasteiger partial charge in [-0.25, -0.2) is 0 Å². The fourth-order valence-electron chi connectivity index (χ4n) is 2.87. The summed E-state index contributed by atoms with van der Waals surface area (Å²) < 4.78 is 11.8. The van der Waals surface area contributed by atoms with Crippen molar-refractivity contribution in [1.29, 1.82) is 0 Å². The molecule has 1 aliphatic carbocycles. The predicted molar refractivity (Wildman–Crippen MR) is 87.7 cm³/mol. The Morgan fingerprint density at radius 2 is 1.09 bits per heavy atom. The zero-order valence-electron chi connectivity index (χ0n) is 15.0. The molecule has 0 unspecified atom stereocenters. The highest BCUT2D eigenvalue weighted by molar-refractivity contribution is 6.50. The summed E-state index contributed by atoms with van der Waals surface area (Å²) in [7, 11) is 0. The first-order valence-electron chi connectivity index (χ1n) is 8.10. The van der Waals surface area contributed by atoms with Gasteiger partial charge >= 0.3 is 0 Å². The molecule has 23 heavy (non-hydrogen) atoms. The van der Waals surface area contributed by atoms with Gasteiger partial charge in [0.15, 0.2) is 11.5 Å². The number of ketones is 2. The molecule has 128 valence electrons. The summed E-state index contributed by atoms with van der Waals surface area (Å²) in [6.45, 7) is 13.7. The van der Waals surface area contributed by atoms with Gasteiger partial charge in [-0.05, 0) is 10.8 Å². The molecule has 1 aliphatic heterocycles.